The first-order valence-corrected chi connectivity index (χ1v) is 11.4. The van der Waals surface area contributed by atoms with Gasteiger partial charge in [0, 0.05) is 43.9 Å². The van der Waals surface area contributed by atoms with Crippen LogP contribution in [-0.2, 0) is 11.8 Å². The van der Waals surface area contributed by atoms with Crippen LogP contribution >= 0.6 is 39.7 Å². The van der Waals surface area contributed by atoms with E-state index in [2.05, 4.69) is 25.9 Å². The molecule has 0 unspecified atom stereocenters. The summed E-state index contributed by atoms with van der Waals surface area (Å²) in [5.74, 6) is 0.171. The SMILES string of the molecule is COc1nn(C)cc1C(=O)N(CCCN1CCOCC1)c1nc2ccc(Br)cc2s1.Cl. The predicted octanol–water partition coefficient (Wildman–Crippen LogP) is 3.59. The van der Waals surface area contributed by atoms with Gasteiger partial charge in [-0.05, 0) is 24.6 Å². The highest BCUT2D eigenvalue weighted by Gasteiger charge is 2.26. The number of hydrogen-bond acceptors (Lipinski definition) is 7. The highest BCUT2D eigenvalue weighted by Crippen LogP contribution is 2.32. The minimum atomic E-state index is -0.153. The second-order valence-corrected chi connectivity index (χ2v) is 9.02. The number of carbonyl (C=O) groups is 1. The lowest BCUT2D eigenvalue weighted by molar-refractivity contribution is 0.0376. The summed E-state index contributed by atoms with van der Waals surface area (Å²) in [5.41, 5.74) is 1.31. The summed E-state index contributed by atoms with van der Waals surface area (Å²) in [6.45, 7) is 4.87. The van der Waals surface area contributed by atoms with Crippen LogP contribution in [0.25, 0.3) is 10.2 Å². The lowest BCUT2D eigenvalue weighted by Gasteiger charge is -2.27. The van der Waals surface area contributed by atoms with Gasteiger partial charge in [-0.1, -0.05) is 27.3 Å². The Bertz CT molecular complexity index is 1040. The van der Waals surface area contributed by atoms with Crippen molar-refractivity contribution in [1.29, 1.82) is 0 Å². The molecule has 0 atom stereocenters. The summed E-state index contributed by atoms with van der Waals surface area (Å²) < 4.78 is 14.4. The number of carbonyl (C=O) groups excluding carboxylic acids is 1. The van der Waals surface area contributed by atoms with Gasteiger partial charge in [0.15, 0.2) is 5.13 Å². The molecular formula is C20H25BrClN5O3S. The molecule has 1 aromatic carbocycles. The Kier molecular flexibility index (Phi) is 8.29. The van der Waals surface area contributed by atoms with Gasteiger partial charge < -0.3 is 9.47 Å². The average Bonchev–Trinajstić information content (AvgIpc) is 3.34. The van der Waals surface area contributed by atoms with Crippen LogP contribution in [0.4, 0.5) is 5.13 Å². The average molecular weight is 531 g/mol. The number of ether oxygens (including phenoxy) is 2. The van der Waals surface area contributed by atoms with Gasteiger partial charge in [-0.2, -0.15) is 0 Å². The minimum absolute atomic E-state index is 0. The first kappa shape index (κ1) is 23.9. The molecule has 2 aromatic heterocycles. The van der Waals surface area contributed by atoms with Crippen LogP contribution in [0.3, 0.4) is 0 Å². The number of methoxy groups -OCH3 is 1. The van der Waals surface area contributed by atoms with Crippen molar-refractivity contribution in [3.05, 3.63) is 34.4 Å². The molecule has 1 saturated heterocycles. The molecule has 0 spiro atoms. The lowest BCUT2D eigenvalue weighted by atomic mass is 10.2. The molecule has 3 aromatic rings. The molecule has 0 aliphatic carbocycles. The quantitative estimate of drug-likeness (QED) is 0.465. The predicted molar refractivity (Wildman–Crippen MR) is 128 cm³/mol. The number of aromatic nitrogens is 3. The summed E-state index contributed by atoms with van der Waals surface area (Å²) in [6, 6.07) is 5.94. The fraction of sp³-hybridized carbons (Fsp3) is 0.450. The van der Waals surface area contributed by atoms with E-state index in [1.54, 1.807) is 22.8 Å². The Labute approximate surface area is 199 Å². The molecule has 0 saturated carbocycles. The third kappa shape index (κ3) is 5.56. The Morgan fingerprint density at radius 2 is 2.13 bits per heavy atom. The van der Waals surface area contributed by atoms with Crippen LogP contribution in [0, 0.1) is 0 Å². The van der Waals surface area contributed by atoms with Crippen LogP contribution < -0.4 is 9.64 Å². The molecule has 0 N–H and O–H groups in total. The number of anilines is 1. The van der Waals surface area contributed by atoms with E-state index in [9.17, 15) is 4.79 Å². The normalized spacial score (nSPS) is 14.4. The highest BCUT2D eigenvalue weighted by molar-refractivity contribution is 9.10. The summed E-state index contributed by atoms with van der Waals surface area (Å²) in [7, 11) is 3.30. The molecule has 3 heterocycles. The molecule has 0 bridgehead atoms. The van der Waals surface area contributed by atoms with Gasteiger partial charge in [-0.25, -0.2) is 4.98 Å². The number of thiazole rings is 1. The number of hydrogen-bond donors (Lipinski definition) is 0. The zero-order valence-corrected chi connectivity index (χ0v) is 20.6. The topological polar surface area (TPSA) is 72.7 Å². The molecule has 11 heteroatoms. The van der Waals surface area contributed by atoms with Gasteiger partial charge in [-0.3, -0.25) is 19.3 Å². The zero-order valence-electron chi connectivity index (χ0n) is 17.4. The highest BCUT2D eigenvalue weighted by atomic mass is 79.9. The summed E-state index contributed by atoms with van der Waals surface area (Å²) in [4.78, 5) is 22.3. The van der Waals surface area contributed by atoms with Crippen molar-refractivity contribution in [3.63, 3.8) is 0 Å². The maximum Gasteiger partial charge on any atom is 0.267 e. The Morgan fingerprint density at radius 3 is 2.87 bits per heavy atom. The van der Waals surface area contributed by atoms with Crippen molar-refractivity contribution in [2.45, 2.75) is 6.42 Å². The van der Waals surface area contributed by atoms with Crippen LogP contribution in [0.1, 0.15) is 16.8 Å². The number of halogens is 2. The van der Waals surface area contributed by atoms with Crippen LogP contribution in [0.5, 0.6) is 5.88 Å². The molecule has 1 amide bonds. The standard InChI is InChI=1S/C20H24BrN5O3S.ClH/c1-24-13-15(18(23-24)28-2)19(27)26(7-3-6-25-8-10-29-11-9-25)20-22-16-5-4-14(21)12-17(16)30-20;/h4-5,12-13H,3,6-11H2,1-2H3;1H. The molecule has 0 radical (unpaired) electrons. The van der Waals surface area contributed by atoms with Crippen LogP contribution in [0.2, 0.25) is 0 Å². The number of aryl methyl sites for hydroxylation is 1. The van der Waals surface area contributed by atoms with E-state index in [4.69, 9.17) is 14.5 Å². The molecule has 4 rings (SSSR count). The van der Waals surface area contributed by atoms with Crippen molar-refractivity contribution in [2.75, 3.05) is 51.4 Å². The van der Waals surface area contributed by atoms with Crippen molar-refractivity contribution >= 4 is 60.9 Å². The van der Waals surface area contributed by atoms with Crippen LogP contribution in [-0.4, -0.2) is 72.1 Å². The fourth-order valence-electron chi connectivity index (χ4n) is 3.47. The van der Waals surface area contributed by atoms with Crippen molar-refractivity contribution < 1.29 is 14.3 Å². The lowest BCUT2D eigenvalue weighted by Crippen LogP contribution is -2.39. The first-order chi connectivity index (χ1) is 14.5. The van der Waals surface area contributed by atoms with E-state index < -0.39 is 0 Å². The van der Waals surface area contributed by atoms with Gasteiger partial charge in [0.2, 0.25) is 5.88 Å². The largest absolute Gasteiger partial charge is 0.479 e. The van der Waals surface area contributed by atoms with Gasteiger partial charge in [0.1, 0.15) is 5.56 Å². The Hall–Kier alpha value is -1.72. The maximum absolute atomic E-state index is 13.5. The second-order valence-electron chi connectivity index (χ2n) is 7.10. The Balaban J connectivity index is 0.00000272. The fourth-order valence-corrected chi connectivity index (χ4v) is 5.02. The van der Waals surface area contributed by atoms with E-state index in [0.29, 0.717) is 23.1 Å². The van der Waals surface area contributed by atoms with E-state index in [0.717, 1.165) is 54.0 Å². The number of rotatable bonds is 7. The summed E-state index contributed by atoms with van der Waals surface area (Å²) in [5, 5.41) is 4.92. The van der Waals surface area contributed by atoms with E-state index in [1.807, 2.05) is 18.2 Å². The van der Waals surface area contributed by atoms with Gasteiger partial charge in [0.25, 0.3) is 5.91 Å². The number of amides is 1. The maximum atomic E-state index is 13.5. The zero-order chi connectivity index (χ0) is 21.1. The monoisotopic (exact) mass is 529 g/mol. The number of morpholine rings is 1. The molecule has 168 valence electrons. The molecule has 1 fully saturated rings. The van der Waals surface area contributed by atoms with Gasteiger partial charge in [-0.15, -0.1) is 17.5 Å². The smallest absolute Gasteiger partial charge is 0.267 e. The third-order valence-corrected chi connectivity index (χ3v) is 6.53. The van der Waals surface area contributed by atoms with E-state index in [-0.39, 0.29) is 18.3 Å². The van der Waals surface area contributed by atoms with Crippen molar-refractivity contribution in [1.82, 2.24) is 19.7 Å². The number of fused-ring (bicyclic) bond motifs is 1. The minimum Gasteiger partial charge on any atom is -0.479 e. The van der Waals surface area contributed by atoms with E-state index in [1.165, 1.54) is 18.4 Å². The van der Waals surface area contributed by atoms with Crippen LogP contribution in [0.15, 0.2) is 28.9 Å². The summed E-state index contributed by atoms with van der Waals surface area (Å²) >= 11 is 5.02. The van der Waals surface area contributed by atoms with Gasteiger partial charge in [0.05, 0.1) is 30.5 Å². The number of benzene rings is 1. The summed E-state index contributed by atoms with van der Waals surface area (Å²) in [6.07, 6.45) is 2.54. The molecule has 31 heavy (non-hydrogen) atoms. The van der Waals surface area contributed by atoms with Crippen molar-refractivity contribution in [2.24, 2.45) is 7.05 Å². The van der Waals surface area contributed by atoms with Crippen molar-refractivity contribution in [3.8, 4) is 5.88 Å². The molecule has 8 nitrogen and oxygen atoms in total. The molecular weight excluding hydrogens is 506 g/mol. The number of nitrogens with zero attached hydrogens (tertiary/aromatic N) is 5. The Morgan fingerprint density at radius 1 is 1.35 bits per heavy atom. The van der Waals surface area contributed by atoms with Gasteiger partial charge >= 0.3 is 0 Å². The molecule has 1 aliphatic heterocycles. The second kappa shape index (κ2) is 10.7. The third-order valence-electron chi connectivity index (χ3n) is 4.99. The van der Waals surface area contributed by atoms with E-state index >= 15 is 0 Å². The first-order valence-electron chi connectivity index (χ1n) is 9.81. The molecule has 1 aliphatic rings.